The number of hydrogen-bond acceptors (Lipinski definition) is 4. The van der Waals surface area contributed by atoms with E-state index >= 15 is 0 Å². The van der Waals surface area contributed by atoms with Crippen LogP contribution in [0.25, 0.3) is 0 Å². The smallest absolute Gasteiger partial charge is 0.150 e. The highest BCUT2D eigenvalue weighted by molar-refractivity contribution is 8.13. The normalized spacial score (nSPS) is 7.40. The van der Waals surface area contributed by atoms with Crippen molar-refractivity contribution in [3.63, 3.8) is 0 Å². The van der Waals surface area contributed by atoms with Gasteiger partial charge >= 0.3 is 0 Å². The van der Waals surface area contributed by atoms with Gasteiger partial charge < -0.3 is 11.5 Å². The van der Waals surface area contributed by atoms with Gasteiger partial charge in [0.15, 0.2) is 10.3 Å². The summed E-state index contributed by atoms with van der Waals surface area (Å²) in [5.41, 5.74) is 9.68. The van der Waals surface area contributed by atoms with Crippen molar-refractivity contribution in [2.75, 3.05) is 12.5 Å². The maximum atomic E-state index is 6.48. The molecule has 0 bridgehead atoms. The molecule has 0 aromatic heterocycles. The lowest BCUT2D eigenvalue weighted by molar-refractivity contribution is 1.51. The van der Waals surface area contributed by atoms with E-state index < -0.39 is 0 Å². The van der Waals surface area contributed by atoms with E-state index in [-0.39, 0.29) is 10.3 Å². The number of thioether (sulfide) groups is 2. The quantitative estimate of drug-likeness (QED) is 0.322. The Morgan fingerprint density at radius 2 is 1.10 bits per heavy atom. The van der Waals surface area contributed by atoms with Gasteiger partial charge in [0.25, 0.3) is 0 Å². The molecule has 0 atom stereocenters. The van der Waals surface area contributed by atoms with Gasteiger partial charge in [0.05, 0.1) is 0 Å². The van der Waals surface area contributed by atoms with Crippen molar-refractivity contribution in [3.8, 4) is 0 Å². The minimum Gasteiger partial charge on any atom is -0.379 e. The van der Waals surface area contributed by atoms with E-state index in [1.165, 1.54) is 23.5 Å². The van der Waals surface area contributed by atoms with Crippen molar-refractivity contribution in [2.24, 2.45) is 11.5 Å². The van der Waals surface area contributed by atoms with Crippen molar-refractivity contribution in [3.05, 3.63) is 0 Å². The molecule has 4 nitrogen and oxygen atoms in total. The predicted molar refractivity (Wildman–Crippen MR) is 50.9 cm³/mol. The highest BCUT2D eigenvalue weighted by Crippen LogP contribution is 1.83. The highest BCUT2D eigenvalue weighted by Gasteiger charge is 1.71. The number of hydrogen-bond donors (Lipinski definition) is 4. The fourth-order valence-electron chi connectivity index (χ4n) is 0. The average Bonchev–Trinajstić information content (AvgIpc) is 1.89. The molecule has 0 fully saturated rings. The molecule has 0 radical (unpaired) electrons. The molecule has 0 aliphatic heterocycles. The molecule has 60 valence electrons. The van der Waals surface area contributed by atoms with E-state index in [2.05, 4.69) is 0 Å². The third kappa shape index (κ3) is 25.4. The summed E-state index contributed by atoms with van der Waals surface area (Å²) < 4.78 is 0. The van der Waals surface area contributed by atoms with Gasteiger partial charge in [-0.2, -0.15) is 0 Å². The molecule has 0 aromatic rings. The van der Waals surface area contributed by atoms with Crippen LogP contribution in [0.1, 0.15) is 0 Å². The number of nitrogens with one attached hydrogen (secondary N) is 2. The summed E-state index contributed by atoms with van der Waals surface area (Å²) in [7, 11) is 0. The molecule has 0 heterocycles. The first kappa shape index (κ1) is 12.3. The van der Waals surface area contributed by atoms with Crippen LogP contribution in [0.3, 0.4) is 0 Å². The third-order valence-corrected chi connectivity index (χ3v) is 1.32. The van der Waals surface area contributed by atoms with Crippen LogP contribution in [0.15, 0.2) is 0 Å². The molecule has 0 amide bonds. The van der Waals surface area contributed by atoms with E-state index in [0.29, 0.717) is 0 Å². The van der Waals surface area contributed by atoms with Crippen molar-refractivity contribution >= 4 is 33.9 Å². The molecule has 0 saturated heterocycles. The predicted octanol–water partition coefficient (Wildman–Crippen LogP) is 0.486. The molecule has 6 N–H and O–H groups in total. The molecule has 0 aromatic carbocycles. The Kier molecular flexibility index (Phi) is 10.7. The van der Waals surface area contributed by atoms with Gasteiger partial charge in [-0.3, -0.25) is 10.8 Å². The molecule has 6 heteroatoms. The lowest BCUT2D eigenvalue weighted by Gasteiger charge is -1.78. The topological polar surface area (TPSA) is 99.7 Å². The zero-order chi connectivity index (χ0) is 8.57. The standard InChI is InChI=1S/2C2H6N2S/c2*1-5-2(3)4/h2*1H3,(H3,3,4). The lowest BCUT2D eigenvalue weighted by Crippen LogP contribution is -2.01. The molecular formula is C4H12N4S2. The van der Waals surface area contributed by atoms with Crippen LogP contribution in [0, 0.1) is 10.8 Å². The summed E-state index contributed by atoms with van der Waals surface area (Å²) in [6.07, 6.45) is 3.53. The number of rotatable bonds is 0. The molecule has 0 aliphatic carbocycles. The van der Waals surface area contributed by atoms with Crippen molar-refractivity contribution < 1.29 is 0 Å². The second-order valence-corrected chi connectivity index (χ2v) is 2.83. The minimum absolute atomic E-state index is 0.171. The molecule has 0 saturated carbocycles. The van der Waals surface area contributed by atoms with Crippen molar-refractivity contribution in [1.82, 2.24) is 0 Å². The van der Waals surface area contributed by atoms with E-state index in [0.717, 1.165) is 0 Å². The minimum atomic E-state index is 0.171. The summed E-state index contributed by atoms with van der Waals surface area (Å²) in [5, 5.41) is 13.3. The zero-order valence-corrected chi connectivity index (χ0v) is 7.60. The summed E-state index contributed by atoms with van der Waals surface area (Å²) >= 11 is 2.48. The SMILES string of the molecule is CSC(=N)N.CSC(=N)N. The van der Waals surface area contributed by atoms with Crippen LogP contribution in [0.2, 0.25) is 0 Å². The first-order chi connectivity index (χ1) is 4.54. The Morgan fingerprint density at radius 1 is 1.00 bits per heavy atom. The number of nitrogens with two attached hydrogens (primary N) is 2. The Hall–Kier alpha value is -0.360. The van der Waals surface area contributed by atoms with E-state index in [1.54, 1.807) is 12.5 Å². The molecule has 10 heavy (non-hydrogen) atoms. The van der Waals surface area contributed by atoms with Crippen LogP contribution < -0.4 is 11.5 Å². The average molecular weight is 180 g/mol. The van der Waals surface area contributed by atoms with E-state index in [9.17, 15) is 0 Å². The van der Waals surface area contributed by atoms with Gasteiger partial charge in [-0.1, -0.05) is 23.5 Å². The van der Waals surface area contributed by atoms with Gasteiger partial charge in [-0.15, -0.1) is 0 Å². The molecular weight excluding hydrogens is 168 g/mol. The lowest BCUT2D eigenvalue weighted by atomic mass is 11.4. The second kappa shape index (κ2) is 8.64. The van der Waals surface area contributed by atoms with Crippen LogP contribution in [0.4, 0.5) is 0 Å². The maximum Gasteiger partial charge on any atom is 0.150 e. The summed E-state index contributed by atoms with van der Waals surface area (Å²) in [6, 6.07) is 0. The Morgan fingerprint density at radius 3 is 1.10 bits per heavy atom. The fraction of sp³-hybridized carbons (Fsp3) is 0.500. The Bertz CT molecular complexity index is 99.8. The first-order valence-electron chi connectivity index (χ1n) is 2.30. The third-order valence-electron chi connectivity index (χ3n) is 0.440. The second-order valence-electron chi connectivity index (χ2n) is 1.14. The Balaban J connectivity index is 0. The largest absolute Gasteiger partial charge is 0.379 e. The van der Waals surface area contributed by atoms with Gasteiger partial charge in [0, 0.05) is 0 Å². The molecule has 0 rings (SSSR count). The fourth-order valence-corrected chi connectivity index (χ4v) is 0. The first-order valence-corrected chi connectivity index (χ1v) is 4.75. The molecule has 0 spiro atoms. The van der Waals surface area contributed by atoms with Gasteiger partial charge in [-0.25, -0.2) is 0 Å². The van der Waals surface area contributed by atoms with Crippen LogP contribution >= 0.6 is 23.5 Å². The van der Waals surface area contributed by atoms with Crippen LogP contribution in [0.5, 0.6) is 0 Å². The van der Waals surface area contributed by atoms with Crippen LogP contribution in [-0.2, 0) is 0 Å². The molecule has 0 aliphatic rings. The maximum absolute atomic E-state index is 6.48. The van der Waals surface area contributed by atoms with E-state index in [1.807, 2.05) is 0 Å². The highest BCUT2D eigenvalue weighted by atomic mass is 32.2. The van der Waals surface area contributed by atoms with Gasteiger partial charge in [0.2, 0.25) is 0 Å². The van der Waals surface area contributed by atoms with E-state index in [4.69, 9.17) is 22.3 Å². The Labute approximate surface area is 69.1 Å². The summed E-state index contributed by atoms with van der Waals surface area (Å²) in [5.74, 6) is 0. The van der Waals surface area contributed by atoms with Gasteiger partial charge in [0.1, 0.15) is 0 Å². The van der Waals surface area contributed by atoms with Crippen LogP contribution in [-0.4, -0.2) is 22.8 Å². The van der Waals surface area contributed by atoms with Crippen molar-refractivity contribution in [1.29, 1.82) is 10.8 Å². The summed E-state index contributed by atoms with van der Waals surface area (Å²) in [6.45, 7) is 0. The zero-order valence-electron chi connectivity index (χ0n) is 5.97. The van der Waals surface area contributed by atoms with Gasteiger partial charge in [-0.05, 0) is 12.5 Å². The van der Waals surface area contributed by atoms with Crippen molar-refractivity contribution in [2.45, 2.75) is 0 Å². The number of amidine groups is 2. The molecule has 0 unspecified atom stereocenters. The monoisotopic (exact) mass is 180 g/mol. The summed E-state index contributed by atoms with van der Waals surface area (Å²) in [4.78, 5) is 0.